The van der Waals surface area contributed by atoms with E-state index in [0.29, 0.717) is 18.4 Å². The number of carbonyl (C=O) groups excluding carboxylic acids is 1. The molecule has 160 valence electrons. The highest BCUT2D eigenvalue weighted by Gasteiger charge is 2.57. The van der Waals surface area contributed by atoms with E-state index < -0.39 is 0 Å². The van der Waals surface area contributed by atoms with Gasteiger partial charge in [0.2, 0.25) is 0 Å². The second kappa shape index (κ2) is 8.45. The van der Waals surface area contributed by atoms with Crippen molar-refractivity contribution in [2.75, 3.05) is 20.3 Å². The molecule has 1 aliphatic heterocycles. The number of methoxy groups -OCH3 is 1. The molecule has 1 heterocycles. The third-order valence-electron chi connectivity index (χ3n) is 8.22. The van der Waals surface area contributed by atoms with Gasteiger partial charge in [-0.3, -0.25) is 4.79 Å². The summed E-state index contributed by atoms with van der Waals surface area (Å²) in [6.07, 6.45) is 7.89. The molecule has 2 aliphatic carbocycles. The number of hydrogen-bond donors (Lipinski definition) is 1. The number of fused-ring (bicyclic) bond motifs is 1. The summed E-state index contributed by atoms with van der Waals surface area (Å²) in [6, 6.07) is 0. The fraction of sp³-hybridized carbons (Fsp3) is 0.870. The molecule has 28 heavy (non-hydrogen) atoms. The Morgan fingerprint density at radius 3 is 2.79 bits per heavy atom. The van der Waals surface area contributed by atoms with Crippen molar-refractivity contribution in [2.45, 2.75) is 78.6 Å². The summed E-state index contributed by atoms with van der Waals surface area (Å²) >= 11 is 0. The summed E-state index contributed by atoms with van der Waals surface area (Å²) in [7, 11) is 1.71. The normalized spacial score (nSPS) is 43.4. The molecule has 1 saturated carbocycles. The largest absolute Gasteiger partial charge is 0.461 e. The van der Waals surface area contributed by atoms with Gasteiger partial charge in [0.25, 0.3) is 0 Å². The van der Waals surface area contributed by atoms with E-state index in [1.807, 2.05) is 0 Å². The average molecular weight is 395 g/mol. The van der Waals surface area contributed by atoms with E-state index in [2.05, 4.69) is 26.8 Å². The summed E-state index contributed by atoms with van der Waals surface area (Å²) < 4.78 is 16.4. The highest BCUT2D eigenvalue weighted by molar-refractivity contribution is 5.66. The fourth-order valence-corrected chi connectivity index (χ4v) is 6.24. The lowest BCUT2D eigenvalue weighted by Crippen LogP contribution is -2.55. The van der Waals surface area contributed by atoms with Gasteiger partial charge in [-0.05, 0) is 66.3 Å². The molecular weight excluding hydrogens is 356 g/mol. The van der Waals surface area contributed by atoms with Crippen molar-refractivity contribution in [1.82, 2.24) is 0 Å². The minimum atomic E-state index is -0.336. The molecule has 0 aromatic rings. The van der Waals surface area contributed by atoms with Crippen LogP contribution in [0.3, 0.4) is 0 Å². The van der Waals surface area contributed by atoms with Crippen LogP contribution in [0.5, 0.6) is 0 Å². The van der Waals surface area contributed by atoms with Crippen LogP contribution in [0.2, 0.25) is 0 Å². The van der Waals surface area contributed by atoms with Crippen LogP contribution in [0.1, 0.15) is 66.2 Å². The first-order chi connectivity index (χ1) is 13.2. The third kappa shape index (κ3) is 4.03. The van der Waals surface area contributed by atoms with E-state index >= 15 is 0 Å². The minimum absolute atomic E-state index is 0.0489. The maximum absolute atomic E-state index is 11.4. The standard InChI is InChI=1S/C23H38O5/c1-15-19(25)12-23(4)18(14-27-16(2)24)7-6-8-20(23)22(15,3)10-9-17-11-21(26-5)28-13-17/h7,15,17,19-21,25H,6,8-14H2,1-5H3/t15-,17+,19-,20-,21+,22+,23+/m1/s1. The van der Waals surface area contributed by atoms with E-state index in [9.17, 15) is 9.90 Å². The Morgan fingerprint density at radius 1 is 1.39 bits per heavy atom. The second-order valence-corrected chi connectivity index (χ2v) is 9.76. The molecule has 0 aromatic heterocycles. The molecule has 2 fully saturated rings. The second-order valence-electron chi connectivity index (χ2n) is 9.76. The van der Waals surface area contributed by atoms with Gasteiger partial charge < -0.3 is 19.3 Å². The lowest BCUT2D eigenvalue weighted by atomic mass is 9.46. The Labute approximate surface area is 169 Å². The van der Waals surface area contributed by atoms with Gasteiger partial charge in [-0.25, -0.2) is 0 Å². The van der Waals surface area contributed by atoms with Crippen molar-refractivity contribution in [1.29, 1.82) is 0 Å². The molecule has 0 bridgehead atoms. The van der Waals surface area contributed by atoms with Crippen molar-refractivity contribution in [3.8, 4) is 0 Å². The van der Waals surface area contributed by atoms with Gasteiger partial charge in [0, 0.05) is 20.5 Å². The predicted octanol–water partition coefficient (Wildman–Crippen LogP) is 4.09. The summed E-state index contributed by atoms with van der Waals surface area (Å²) in [5, 5.41) is 11.0. The first-order valence-corrected chi connectivity index (χ1v) is 10.9. The summed E-state index contributed by atoms with van der Waals surface area (Å²) in [6.45, 7) is 9.45. The molecule has 1 N–H and O–H groups in total. The van der Waals surface area contributed by atoms with Crippen molar-refractivity contribution in [3.05, 3.63) is 11.6 Å². The molecule has 0 amide bonds. The maximum Gasteiger partial charge on any atom is 0.302 e. The molecule has 3 aliphatic rings. The van der Waals surface area contributed by atoms with Gasteiger partial charge in [0.05, 0.1) is 12.7 Å². The zero-order valence-corrected chi connectivity index (χ0v) is 18.2. The van der Waals surface area contributed by atoms with E-state index in [1.165, 1.54) is 12.5 Å². The molecule has 3 rings (SSSR count). The topological polar surface area (TPSA) is 65.0 Å². The van der Waals surface area contributed by atoms with Crippen LogP contribution in [-0.2, 0) is 19.0 Å². The molecule has 0 unspecified atom stereocenters. The van der Waals surface area contributed by atoms with Gasteiger partial charge in [-0.1, -0.05) is 26.8 Å². The van der Waals surface area contributed by atoms with Crippen LogP contribution < -0.4 is 0 Å². The van der Waals surface area contributed by atoms with Gasteiger partial charge >= 0.3 is 5.97 Å². The lowest BCUT2D eigenvalue weighted by Gasteiger charge is -2.59. The Bertz CT molecular complexity index is 602. The van der Waals surface area contributed by atoms with E-state index in [-0.39, 0.29) is 35.1 Å². The number of rotatable bonds is 6. The number of aliphatic hydroxyl groups is 1. The van der Waals surface area contributed by atoms with Crippen LogP contribution in [-0.4, -0.2) is 43.8 Å². The number of ether oxygens (including phenoxy) is 3. The third-order valence-corrected chi connectivity index (χ3v) is 8.22. The number of esters is 1. The molecule has 5 heteroatoms. The monoisotopic (exact) mass is 394 g/mol. The highest BCUT2D eigenvalue weighted by atomic mass is 16.7. The van der Waals surface area contributed by atoms with Crippen LogP contribution in [0.25, 0.3) is 0 Å². The zero-order chi connectivity index (χ0) is 20.5. The van der Waals surface area contributed by atoms with Gasteiger partial charge in [0.15, 0.2) is 6.29 Å². The molecule has 0 aromatic carbocycles. The van der Waals surface area contributed by atoms with Crippen LogP contribution in [0.4, 0.5) is 0 Å². The maximum atomic E-state index is 11.4. The van der Waals surface area contributed by atoms with Crippen molar-refractivity contribution >= 4 is 5.97 Å². The highest BCUT2D eigenvalue weighted by Crippen LogP contribution is 2.62. The Kier molecular flexibility index (Phi) is 6.58. The van der Waals surface area contributed by atoms with Crippen LogP contribution in [0.15, 0.2) is 11.6 Å². The van der Waals surface area contributed by atoms with Gasteiger partial charge in [0.1, 0.15) is 6.61 Å². The summed E-state index contributed by atoms with van der Waals surface area (Å²) in [5.74, 6) is 1.01. The van der Waals surface area contributed by atoms with Crippen LogP contribution >= 0.6 is 0 Å². The number of hydrogen-bond acceptors (Lipinski definition) is 5. The number of carbonyl (C=O) groups is 1. The minimum Gasteiger partial charge on any atom is -0.461 e. The van der Waals surface area contributed by atoms with Crippen LogP contribution in [0, 0.1) is 28.6 Å². The average Bonchev–Trinajstić information content (AvgIpc) is 3.11. The molecular formula is C23H38O5. The quantitative estimate of drug-likeness (QED) is 0.543. The van der Waals surface area contributed by atoms with E-state index in [4.69, 9.17) is 14.2 Å². The molecule has 0 spiro atoms. The molecule has 5 nitrogen and oxygen atoms in total. The SMILES string of the molecule is CO[C@@H]1C[C@H](CC[C@@]2(C)[C@H](C)[C@H](O)C[C@@]3(C)C(COC(C)=O)=CCC[C@H]23)CO1. The smallest absolute Gasteiger partial charge is 0.302 e. The molecule has 7 atom stereocenters. The van der Waals surface area contributed by atoms with Gasteiger partial charge in [-0.15, -0.1) is 0 Å². The summed E-state index contributed by atoms with van der Waals surface area (Å²) in [4.78, 5) is 11.4. The van der Waals surface area contributed by atoms with Crippen molar-refractivity contribution in [2.24, 2.45) is 28.6 Å². The Hall–Kier alpha value is -0.910. The van der Waals surface area contributed by atoms with Crippen molar-refractivity contribution in [3.63, 3.8) is 0 Å². The van der Waals surface area contributed by atoms with E-state index in [1.54, 1.807) is 7.11 Å². The van der Waals surface area contributed by atoms with E-state index in [0.717, 1.165) is 45.1 Å². The molecule has 0 radical (unpaired) electrons. The number of aliphatic hydroxyl groups excluding tert-OH is 1. The lowest BCUT2D eigenvalue weighted by molar-refractivity contribution is -0.142. The predicted molar refractivity (Wildman–Crippen MR) is 108 cm³/mol. The van der Waals surface area contributed by atoms with Gasteiger partial charge in [-0.2, -0.15) is 0 Å². The Balaban J connectivity index is 1.78. The Morgan fingerprint density at radius 2 is 2.14 bits per heavy atom. The number of allylic oxidation sites excluding steroid dienone is 1. The molecule has 1 saturated heterocycles. The van der Waals surface area contributed by atoms with Crippen molar-refractivity contribution < 1.29 is 24.1 Å². The first kappa shape index (κ1) is 21.8. The summed E-state index contributed by atoms with van der Waals surface area (Å²) in [5.41, 5.74) is 1.13. The fourth-order valence-electron chi connectivity index (χ4n) is 6.24. The first-order valence-electron chi connectivity index (χ1n) is 10.9. The zero-order valence-electron chi connectivity index (χ0n) is 18.2.